The van der Waals surface area contributed by atoms with E-state index in [-0.39, 0.29) is 12.1 Å². The molecule has 37 heavy (non-hydrogen) atoms. The summed E-state index contributed by atoms with van der Waals surface area (Å²) in [5, 5.41) is 7.34. The lowest BCUT2D eigenvalue weighted by Gasteiger charge is -2.12. The number of nitrogens with zero attached hydrogens (tertiary/aromatic N) is 4. The van der Waals surface area contributed by atoms with Crippen molar-refractivity contribution < 1.29 is 8.63 Å². The van der Waals surface area contributed by atoms with Gasteiger partial charge in [0.2, 0.25) is 5.95 Å². The molecule has 1 fully saturated rings. The highest BCUT2D eigenvalue weighted by Gasteiger charge is 2.18. The molecule has 0 aliphatic carbocycles. The highest BCUT2D eigenvalue weighted by atomic mass is 32.2. The Morgan fingerprint density at radius 3 is 2.70 bits per heavy atom. The van der Waals surface area contributed by atoms with Gasteiger partial charge in [0, 0.05) is 47.2 Å². The van der Waals surface area contributed by atoms with Crippen molar-refractivity contribution in [3.05, 3.63) is 101 Å². The zero-order chi connectivity index (χ0) is 25.2. The topological polar surface area (TPSA) is 115 Å². The van der Waals surface area contributed by atoms with Crippen molar-refractivity contribution in [3.63, 3.8) is 0 Å². The molecule has 1 aromatic carbocycles. The Bertz CT molecular complexity index is 1630. The normalized spacial score (nSPS) is 16.2. The number of anilines is 2. The van der Waals surface area contributed by atoms with Gasteiger partial charge in [-0.2, -0.15) is 4.98 Å². The third-order valence-corrected chi connectivity index (χ3v) is 7.95. The molecule has 5 heterocycles. The van der Waals surface area contributed by atoms with Gasteiger partial charge in [0.1, 0.15) is 11.4 Å². The van der Waals surface area contributed by atoms with E-state index in [1.54, 1.807) is 42.9 Å². The third kappa shape index (κ3) is 4.81. The molecule has 0 radical (unpaired) electrons. The van der Waals surface area contributed by atoms with Crippen LogP contribution in [0.4, 0.5) is 11.6 Å². The van der Waals surface area contributed by atoms with E-state index >= 15 is 0 Å². The Morgan fingerprint density at radius 1 is 1.08 bits per heavy atom. The van der Waals surface area contributed by atoms with Gasteiger partial charge in [-0.3, -0.25) is 14.3 Å². The number of fused-ring (bicyclic) bond motifs is 1. The van der Waals surface area contributed by atoms with E-state index in [0.717, 1.165) is 25.2 Å². The minimum atomic E-state index is -1.47. The maximum atomic E-state index is 13.1. The van der Waals surface area contributed by atoms with Crippen molar-refractivity contribution in [3.8, 4) is 0 Å². The van der Waals surface area contributed by atoms with Crippen LogP contribution in [0.25, 0.3) is 11.0 Å². The predicted octanol–water partition coefficient (Wildman–Crippen LogP) is 3.82. The summed E-state index contributed by atoms with van der Waals surface area (Å²) in [5.41, 5.74) is 2.38. The van der Waals surface area contributed by atoms with E-state index in [2.05, 4.69) is 37.7 Å². The van der Waals surface area contributed by atoms with Crippen LogP contribution in [0, 0.1) is 0 Å². The molecule has 6 rings (SSSR count). The molecule has 4 aromatic heterocycles. The lowest BCUT2D eigenvalue weighted by molar-refractivity contribution is 0.483. The first kappa shape index (κ1) is 23.3. The molecule has 10 heteroatoms. The summed E-state index contributed by atoms with van der Waals surface area (Å²) >= 11 is 0. The minimum Gasteiger partial charge on any atom is -0.466 e. The van der Waals surface area contributed by atoms with E-state index in [9.17, 15) is 9.00 Å². The van der Waals surface area contributed by atoms with Crippen LogP contribution in [0.1, 0.15) is 23.7 Å². The fourth-order valence-electron chi connectivity index (χ4n) is 4.53. The molecule has 1 aliphatic heterocycles. The zero-order valence-electron chi connectivity index (χ0n) is 19.8. The van der Waals surface area contributed by atoms with Gasteiger partial charge < -0.3 is 15.1 Å². The van der Waals surface area contributed by atoms with Crippen LogP contribution in [-0.4, -0.2) is 36.8 Å². The molecule has 0 saturated carbocycles. The quantitative estimate of drug-likeness (QED) is 0.338. The molecule has 0 amide bonds. The van der Waals surface area contributed by atoms with Crippen molar-refractivity contribution in [2.75, 3.05) is 18.4 Å². The average molecular weight is 513 g/mol. The molecular weight excluding hydrogens is 488 g/mol. The Balaban J connectivity index is 1.29. The fraction of sp³-hybridized carbons (Fsp3) is 0.185. The number of pyridine rings is 2. The van der Waals surface area contributed by atoms with Gasteiger partial charge >= 0.3 is 0 Å². The SMILES string of the molecule is O=c1ccc2cnc(Nc3ccc(C4CCNC4)cc3)nc2n1Cc1occc1S(=O)c1ccncc1. The largest absolute Gasteiger partial charge is 0.466 e. The first-order chi connectivity index (χ1) is 18.2. The van der Waals surface area contributed by atoms with Gasteiger partial charge in [-0.15, -0.1) is 0 Å². The maximum absolute atomic E-state index is 13.1. The summed E-state index contributed by atoms with van der Waals surface area (Å²) in [6, 6.07) is 16.5. The highest BCUT2D eigenvalue weighted by Crippen LogP contribution is 2.25. The standard InChI is InChI=1S/C27H24N6O3S/c34-25-6-3-20-16-30-27(31-21-4-1-18(2-5-21)19-7-11-29-15-19)32-26(20)33(25)17-23-24(10-14-36-23)37(35)22-8-12-28-13-9-22/h1-6,8-10,12-14,16,19,29H,7,11,15,17H2,(H,30,31,32). The van der Waals surface area contributed by atoms with Crippen molar-refractivity contribution >= 4 is 33.5 Å². The van der Waals surface area contributed by atoms with Crippen molar-refractivity contribution in [2.45, 2.75) is 28.7 Å². The molecule has 9 nitrogen and oxygen atoms in total. The smallest absolute Gasteiger partial charge is 0.252 e. The molecule has 1 aliphatic rings. The van der Waals surface area contributed by atoms with Crippen LogP contribution in [0.5, 0.6) is 0 Å². The minimum absolute atomic E-state index is 0.0793. The first-order valence-corrected chi connectivity index (χ1v) is 13.1. The lowest BCUT2D eigenvalue weighted by Crippen LogP contribution is -2.21. The Kier molecular flexibility index (Phi) is 6.33. The van der Waals surface area contributed by atoms with Gasteiger partial charge in [0.25, 0.3) is 5.56 Å². The second-order valence-corrected chi connectivity index (χ2v) is 10.3. The summed E-state index contributed by atoms with van der Waals surface area (Å²) in [6.45, 7) is 2.14. The number of nitrogens with one attached hydrogen (secondary N) is 2. The van der Waals surface area contributed by atoms with Gasteiger partial charge in [-0.05, 0) is 60.8 Å². The number of aromatic nitrogens is 4. The van der Waals surface area contributed by atoms with Gasteiger partial charge in [-0.25, -0.2) is 9.19 Å². The van der Waals surface area contributed by atoms with Crippen LogP contribution in [0.3, 0.4) is 0 Å². The Labute approximate surface area is 215 Å². The summed E-state index contributed by atoms with van der Waals surface area (Å²) < 4.78 is 20.3. The van der Waals surface area contributed by atoms with Crippen molar-refractivity contribution in [1.29, 1.82) is 0 Å². The maximum Gasteiger partial charge on any atom is 0.252 e. The zero-order valence-corrected chi connectivity index (χ0v) is 20.6. The summed E-state index contributed by atoms with van der Waals surface area (Å²) in [6.07, 6.45) is 7.48. The molecule has 2 N–H and O–H groups in total. The van der Waals surface area contributed by atoms with Crippen LogP contribution in [0.2, 0.25) is 0 Å². The molecule has 1 saturated heterocycles. The Hall–Kier alpha value is -4.15. The van der Waals surface area contributed by atoms with E-state index < -0.39 is 10.8 Å². The molecule has 2 unspecified atom stereocenters. The average Bonchev–Trinajstić information content (AvgIpc) is 3.64. The Morgan fingerprint density at radius 2 is 1.92 bits per heavy atom. The van der Waals surface area contributed by atoms with Crippen LogP contribution < -0.4 is 16.2 Å². The van der Waals surface area contributed by atoms with E-state index in [1.807, 2.05) is 12.1 Å². The van der Waals surface area contributed by atoms with E-state index in [0.29, 0.717) is 38.5 Å². The van der Waals surface area contributed by atoms with Gasteiger partial charge in [0.15, 0.2) is 0 Å². The summed E-state index contributed by atoms with van der Waals surface area (Å²) in [5.74, 6) is 1.34. The van der Waals surface area contributed by atoms with Gasteiger partial charge in [0.05, 0.1) is 28.5 Å². The van der Waals surface area contributed by atoms with E-state index in [1.165, 1.54) is 22.5 Å². The fourth-order valence-corrected chi connectivity index (χ4v) is 5.65. The number of hydrogen-bond donors (Lipinski definition) is 2. The lowest BCUT2D eigenvalue weighted by atomic mass is 9.98. The van der Waals surface area contributed by atoms with Crippen molar-refractivity contribution in [1.82, 2.24) is 24.8 Å². The molecule has 186 valence electrons. The molecule has 2 atom stereocenters. The summed E-state index contributed by atoms with van der Waals surface area (Å²) in [4.78, 5) is 27.1. The predicted molar refractivity (Wildman–Crippen MR) is 140 cm³/mol. The van der Waals surface area contributed by atoms with Gasteiger partial charge in [-0.1, -0.05) is 12.1 Å². The first-order valence-electron chi connectivity index (χ1n) is 12.0. The highest BCUT2D eigenvalue weighted by molar-refractivity contribution is 7.85. The molecule has 0 spiro atoms. The second-order valence-electron chi connectivity index (χ2n) is 8.83. The second kappa shape index (κ2) is 10.1. The van der Waals surface area contributed by atoms with Crippen LogP contribution >= 0.6 is 0 Å². The van der Waals surface area contributed by atoms with Crippen molar-refractivity contribution in [2.24, 2.45) is 0 Å². The monoisotopic (exact) mass is 512 g/mol. The summed E-state index contributed by atoms with van der Waals surface area (Å²) in [7, 11) is -1.47. The molecular formula is C27H24N6O3S. The molecule has 5 aromatic rings. The van der Waals surface area contributed by atoms with Crippen LogP contribution in [-0.2, 0) is 17.3 Å². The number of benzene rings is 1. The third-order valence-electron chi connectivity index (χ3n) is 6.49. The number of rotatable bonds is 7. The molecule has 0 bridgehead atoms. The van der Waals surface area contributed by atoms with E-state index in [4.69, 9.17) is 4.42 Å². The number of hydrogen-bond acceptors (Lipinski definition) is 8. The number of furan rings is 1. The van der Waals surface area contributed by atoms with Crippen LogP contribution in [0.15, 0.2) is 98.5 Å².